The van der Waals surface area contributed by atoms with Gasteiger partial charge in [-0.1, -0.05) is 62.5 Å². The number of esters is 1. The molecular weight excluding hydrogens is 398 g/mol. The fourth-order valence-electron chi connectivity index (χ4n) is 3.73. The van der Waals surface area contributed by atoms with Crippen molar-refractivity contribution >= 4 is 19.8 Å². The number of hydrogen-bond donors (Lipinski definition) is 0. The van der Waals surface area contributed by atoms with Crippen molar-refractivity contribution in [1.29, 1.82) is 0 Å². The highest BCUT2D eigenvalue weighted by molar-refractivity contribution is 6.78. The summed E-state index contributed by atoms with van der Waals surface area (Å²) >= 11 is 0. The number of hydrogen-bond acceptors (Lipinski definition) is 6. The molecule has 0 N–H and O–H groups in total. The topological polar surface area (TPSA) is 66.3 Å². The molecule has 0 atom stereocenters. The third-order valence-electron chi connectivity index (χ3n) is 5.79. The Balaban J connectivity index is 2.08. The fourth-order valence-corrected chi connectivity index (χ4v) is 6.33. The van der Waals surface area contributed by atoms with Crippen molar-refractivity contribution in [1.82, 2.24) is 0 Å². The minimum atomic E-state index is -1.46. The lowest BCUT2D eigenvalue weighted by molar-refractivity contribution is -0.138. The van der Waals surface area contributed by atoms with Crippen LogP contribution in [0, 0.1) is 6.92 Å². The van der Waals surface area contributed by atoms with E-state index in [1.54, 1.807) is 0 Å². The predicted octanol–water partition coefficient (Wildman–Crippen LogP) is 5.36. The van der Waals surface area contributed by atoms with Gasteiger partial charge in [-0.2, -0.15) is 0 Å². The first-order valence-electron chi connectivity index (χ1n) is 10.5. The largest absolute Gasteiger partial charge is 0.500 e. The summed E-state index contributed by atoms with van der Waals surface area (Å²) in [5, 5.41) is 4.38. The molecule has 0 heterocycles. The normalized spacial score (nSPS) is 16.2. The molecule has 30 heavy (non-hydrogen) atoms. The van der Waals surface area contributed by atoms with Gasteiger partial charge in [0.25, 0.3) is 0 Å². The molecule has 0 saturated heterocycles. The first kappa shape index (κ1) is 24.0. The highest BCUT2D eigenvalue weighted by atomic mass is 28.3. The van der Waals surface area contributed by atoms with Crippen LogP contribution in [0.2, 0.25) is 18.6 Å². The van der Waals surface area contributed by atoms with Crippen LogP contribution in [0.1, 0.15) is 50.2 Å². The van der Waals surface area contributed by atoms with E-state index in [0.29, 0.717) is 5.75 Å². The minimum absolute atomic E-state index is 0.0219. The summed E-state index contributed by atoms with van der Waals surface area (Å²) in [6.45, 7) is 8.63. The van der Waals surface area contributed by atoms with Gasteiger partial charge in [0.15, 0.2) is 0 Å². The lowest BCUT2D eigenvalue weighted by Gasteiger charge is -2.34. The van der Waals surface area contributed by atoms with Gasteiger partial charge in [-0.15, -0.1) is 0 Å². The summed E-state index contributed by atoms with van der Waals surface area (Å²) < 4.78 is 15.4. The van der Waals surface area contributed by atoms with Crippen molar-refractivity contribution in [2.24, 2.45) is 5.16 Å². The van der Waals surface area contributed by atoms with Crippen LogP contribution in [0.25, 0.3) is 0 Å². The molecule has 7 heteroatoms. The van der Waals surface area contributed by atoms with Gasteiger partial charge in [-0.3, -0.25) is 0 Å². The average molecular weight is 434 g/mol. The highest BCUT2D eigenvalue weighted by Gasteiger charge is 2.33. The predicted molar refractivity (Wildman–Crippen MR) is 121 cm³/mol. The summed E-state index contributed by atoms with van der Waals surface area (Å²) in [5.41, 5.74) is 3.34. The van der Waals surface area contributed by atoms with Crippen LogP contribution in [0.5, 0.6) is 5.75 Å². The SMILES string of the molecule is COC=C(Oc1cc(C(C)=NOC[Si](C)(C)C2CCCCC2)ccc1C)C(=O)OC. The molecule has 6 nitrogen and oxygen atoms in total. The molecule has 1 saturated carbocycles. The maximum absolute atomic E-state index is 11.9. The number of aryl methyl sites for hydroxylation is 1. The lowest BCUT2D eigenvalue weighted by Crippen LogP contribution is -2.39. The van der Waals surface area contributed by atoms with Gasteiger partial charge >= 0.3 is 5.97 Å². The second-order valence-corrected chi connectivity index (χ2v) is 13.6. The van der Waals surface area contributed by atoms with E-state index in [1.807, 2.05) is 32.0 Å². The number of benzene rings is 1. The smallest absolute Gasteiger partial charge is 0.377 e. The van der Waals surface area contributed by atoms with E-state index < -0.39 is 14.0 Å². The summed E-state index contributed by atoms with van der Waals surface area (Å²) in [7, 11) is 1.28. The quantitative estimate of drug-likeness (QED) is 0.131. The molecule has 1 aromatic rings. The highest BCUT2D eigenvalue weighted by Crippen LogP contribution is 2.37. The summed E-state index contributed by atoms with van der Waals surface area (Å²) in [6.07, 6.45) is 8.69. The Morgan fingerprint density at radius 3 is 2.53 bits per heavy atom. The van der Waals surface area contributed by atoms with Gasteiger partial charge in [0.2, 0.25) is 5.76 Å². The summed E-state index contributed by atoms with van der Waals surface area (Å²) in [4.78, 5) is 17.7. The van der Waals surface area contributed by atoms with Crippen molar-refractivity contribution in [2.75, 3.05) is 20.4 Å². The van der Waals surface area contributed by atoms with E-state index in [1.165, 1.54) is 52.6 Å². The molecular formula is C23H35NO5Si. The van der Waals surface area contributed by atoms with Crippen LogP contribution in [0.4, 0.5) is 0 Å². The monoisotopic (exact) mass is 433 g/mol. The van der Waals surface area contributed by atoms with Crippen molar-refractivity contribution in [2.45, 2.75) is 64.6 Å². The van der Waals surface area contributed by atoms with Crippen LogP contribution in [-0.2, 0) is 19.1 Å². The molecule has 1 aliphatic carbocycles. The third kappa shape index (κ3) is 6.62. The molecule has 0 amide bonds. The molecule has 2 rings (SSSR count). The molecule has 1 aliphatic rings. The average Bonchev–Trinajstić information content (AvgIpc) is 2.74. The molecule has 0 aliphatic heterocycles. The molecule has 0 radical (unpaired) electrons. The molecule has 1 aromatic carbocycles. The zero-order valence-corrected chi connectivity index (χ0v) is 20.1. The summed E-state index contributed by atoms with van der Waals surface area (Å²) in [5.74, 6) is -0.0933. The van der Waals surface area contributed by atoms with Gasteiger partial charge in [-0.05, 0) is 31.0 Å². The molecule has 1 fully saturated rings. The first-order chi connectivity index (χ1) is 14.3. The molecule has 0 bridgehead atoms. The van der Waals surface area contributed by atoms with Crippen LogP contribution >= 0.6 is 0 Å². The first-order valence-corrected chi connectivity index (χ1v) is 13.8. The van der Waals surface area contributed by atoms with Crippen molar-refractivity contribution in [3.8, 4) is 5.75 Å². The molecule has 0 aromatic heterocycles. The molecule has 0 unspecified atom stereocenters. The Labute approximate surface area is 181 Å². The van der Waals surface area contributed by atoms with Crippen molar-refractivity contribution < 1.29 is 23.8 Å². The van der Waals surface area contributed by atoms with E-state index in [0.717, 1.165) is 28.6 Å². The van der Waals surface area contributed by atoms with Crippen LogP contribution in [-0.4, -0.2) is 40.2 Å². The van der Waals surface area contributed by atoms with E-state index in [2.05, 4.69) is 18.2 Å². The number of nitrogens with zero attached hydrogens (tertiary/aromatic N) is 1. The number of oxime groups is 1. The zero-order chi connectivity index (χ0) is 22.1. The number of carbonyl (C=O) groups is 1. The maximum Gasteiger partial charge on any atom is 0.377 e. The van der Waals surface area contributed by atoms with Gasteiger partial charge < -0.3 is 19.0 Å². The van der Waals surface area contributed by atoms with Gasteiger partial charge in [0.1, 0.15) is 18.2 Å². The van der Waals surface area contributed by atoms with E-state index >= 15 is 0 Å². The maximum atomic E-state index is 11.9. The van der Waals surface area contributed by atoms with Crippen LogP contribution in [0.15, 0.2) is 35.4 Å². The number of carbonyl (C=O) groups excluding carboxylic acids is 1. The second-order valence-electron chi connectivity index (χ2n) is 8.57. The van der Waals surface area contributed by atoms with E-state index in [4.69, 9.17) is 19.0 Å². The second kappa shape index (κ2) is 11.2. The number of ether oxygens (including phenoxy) is 3. The Kier molecular flexibility index (Phi) is 8.96. The Morgan fingerprint density at radius 2 is 1.90 bits per heavy atom. The fraction of sp³-hybridized carbons (Fsp3) is 0.565. The van der Waals surface area contributed by atoms with Crippen molar-refractivity contribution in [3.05, 3.63) is 41.3 Å². The number of methoxy groups -OCH3 is 2. The van der Waals surface area contributed by atoms with Gasteiger partial charge in [0.05, 0.1) is 28.0 Å². The third-order valence-corrected chi connectivity index (χ3v) is 9.45. The Bertz CT molecular complexity index is 782. The van der Waals surface area contributed by atoms with Gasteiger partial charge in [-0.25, -0.2) is 4.79 Å². The van der Waals surface area contributed by atoms with Crippen LogP contribution in [0.3, 0.4) is 0 Å². The zero-order valence-electron chi connectivity index (χ0n) is 19.1. The minimum Gasteiger partial charge on any atom is -0.500 e. The molecule has 0 spiro atoms. The molecule has 166 valence electrons. The van der Waals surface area contributed by atoms with Crippen LogP contribution < -0.4 is 4.74 Å². The Hall–Kier alpha value is -2.28. The van der Waals surface area contributed by atoms with E-state index in [9.17, 15) is 4.79 Å². The lowest BCUT2D eigenvalue weighted by atomic mass is 10.0. The number of rotatable bonds is 9. The van der Waals surface area contributed by atoms with Gasteiger partial charge in [0, 0.05) is 5.56 Å². The van der Waals surface area contributed by atoms with E-state index in [-0.39, 0.29) is 5.76 Å². The van der Waals surface area contributed by atoms with Crippen molar-refractivity contribution in [3.63, 3.8) is 0 Å². The Morgan fingerprint density at radius 1 is 1.20 bits per heavy atom. The standard InChI is InChI=1S/C23H35NO5Si/c1-17-12-13-19(14-21(17)29-22(15-26-3)23(25)27-4)18(2)24-28-16-30(5,6)20-10-8-7-9-11-20/h12-15,20H,7-11,16H2,1-6H3. The summed E-state index contributed by atoms with van der Waals surface area (Å²) in [6, 6.07) is 5.73.